The Morgan fingerprint density at radius 3 is 2.21 bits per heavy atom. The van der Waals surface area contributed by atoms with Crippen molar-refractivity contribution >= 4 is 23.7 Å². The number of benzene rings is 1. The van der Waals surface area contributed by atoms with E-state index in [9.17, 15) is 32.3 Å². The van der Waals surface area contributed by atoms with Crippen molar-refractivity contribution < 1.29 is 37.1 Å². The predicted molar refractivity (Wildman–Crippen MR) is 111 cm³/mol. The SMILES string of the molecule is CCOC(=O)C1(C(=O)NC2[C@@H]3CN(C(=O)C(Cc4cc(F)c(F)c(F)c4)NC(C)=O)C[C@@H]23)CC1. The summed E-state index contributed by atoms with van der Waals surface area (Å²) >= 11 is 0. The monoisotopic (exact) mass is 481 g/mol. The van der Waals surface area contributed by atoms with E-state index in [4.69, 9.17) is 4.74 Å². The summed E-state index contributed by atoms with van der Waals surface area (Å²) in [7, 11) is 0. The second-order valence-electron chi connectivity index (χ2n) is 9.20. The van der Waals surface area contributed by atoms with Crippen LogP contribution in [0.3, 0.4) is 0 Å². The average molecular weight is 481 g/mol. The van der Waals surface area contributed by atoms with Crippen molar-refractivity contribution in [3.8, 4) is 0 Å². The minimum Gasteiger partial charge on any atom is -0.465 e. The summed E-state index contributed by atoms with van der Waals surface area (Å²) in [6.07, 6.45) is 0.696. The van der Waals surface area contributed by atoms with Crippen LogP contribution in [0.5, 0.6) is 0 Å². The molecular weight excluding hydrogens is 455 g/mol. The highest BCUT2D eigenvalue weighted by molar-refractivity contribution is 6.05. The molecule has 1 aliphatic heterocycles. The Bertz CT molecular complexity index is 1010. The summed E-state index contributed by atoms with van der Waals surface area (Å²) in [5, 5.41) is 5.40. The number of ether oxygens (including phenoxy) is 1. The Balaban J connectivity index is 1.35. The first kappa shape index (κ1) is 24.0. The fourth-order valence-corrected chi connectivity index (χ4v) is 4.76. The van der Waals surface area contributed by atoms with Crippen LogP contribution in [0, 0.1) is 34.7 Å². The second-order valence-corrected chi connectivity index (χ2v) is 9.20. The standard InChI is InChI=1S/C23H26F3N3O5/c1-3-34-22(33)23(4-5-23)21(32)28-19-13-9-29(10-14(13)19)20(31)17(27-11(2)30)8-12-6-15(24)18(26)16(25)7-12/h6-7,13-14,17,19H,3-5,8-10H2,1-2H3,(H,27,30)(H,28,32)/t13-,14-,17?/m1/s1. The lowest BCUT2D eigenvalue weighted by atomic mass is 10.0. The summed E-state index contributed by atoms with van der Waals surface area (Å²) in [5.41, 5.74) is -1.06. The highest BCUT2D eigenvalue weighted by Crippen LogP contribution is 2.50. The number of halogens is 3. The molecule has 3 aliphatic rings. The molecule has 184 valence electrons. The number of esters is 1. The topological polar surface area (TPSA) is 105 Å². The van der Waals surface area contributed by atoms with E-state index >= 15 is 0 Å². The second kappa shape index (κ2) is 8.92. The highest BCUT2D eigenvalue weighted by Gasteiger charge is 2.63. The summed E-state index contributed by atoms with van der Waals surface area (Å²) in [5.74, 6) is -6.10. The Morgan fingerprint density at radius 2 is 1.71 bits per heavy atom. The van der Waals surface area contributed by atoms with Gasteiger partial charge < -0.3 is 20.3 Å². The fourth-order valence-electron chi connectivity index (χ4n) is 4.76. The van der Waals surface area contributed by atoms with Crippen molar-refractivity contribution in [2.45, 2.75) is 45.2 Å². The lowest BCUT2D eigenvalue weighted by Gasteiger charge is -2.26. The molecule has 0 bridgehead atoms. The first-order chi connectivity index (χ1) is 16.1. The predicted octanol–water partition coefficient (Wildman–Crippen LogP) is 1.07. The third-order valence-corrected chi connectivity index (χ3v) is 6.81. The van der Waals surface area contributed by atoms with Gasteiger partial charge in [-0.15, -0.1) is 0 Å². The zero-order valence-electron chi connectivity index (χ0n) is 18.8. The van der Waals surface area contributed by atoms with Crippen molar-refractivity contribution in [1.29, 1.82) is 0 Å². The smallest absolute Gasteiger partial charge is 0.321 e. The van der Waals surface area contributed by atoms with Crippen LogP contribution in [0.1, 0.15) is 32.3 Å². The van der Waals surface area contributed by atoms with Crippen LogP contribution in [-0.2, 0) is 30.3 Å². The molecule has 3 fully saturated rings. The van der Waals surface area contributed by atoms with Crippen LogP contribution >= 0.6 is 0 Å². The molecule has 2 saturated carbocycles. The number of piperidine rings is 1. The molecule has 0 aromatic heterocycles. The molecule has 1 saturated heterocycles. The lowest BCUT2D eigenvalue weighted by Crippen LogP contribution is -2.50. The summed E-state index contributed by atoms with van der Waals surface area (Å²) < 4.78 is 45.4. The number of likely N-dealkylation sites (tertiary alicyclic amines) is 1. The van der Waals surface area contributed by atoms with Crippen LogP contribution in [0.4, 0.5) is 13.2 Å². The Hall–Kier alpha value is -3.11. The number of carbonyl (C=O) groups excluding carboxylic acids is 4. The van der Waals surface area contributed by atoms with Gasteiger partial charge >= 0.3 is 5.97 Å². The van der Waals surface area contributed by atoms with Gasteiger partial charge in [-0.05, 0) is 37.5 Å². The molecule has 1 aromatic carbocycles. The van der Waals surface area contributed by atoms with E-state index in [1.54, 1.807) is 6.92 Å². The first-order valence-corrected chi connectivity index (χ1v) is 11.2. The third-order valence-electron chi connectivity index (χ3n) is 6.81. The van der Waals surface area contributed by atoms with Gasteiger partial charge in [0.1, 0.15) is 11.5 Å². The van der Waals surface area contributed by atoms with Gasteiger partial charge in [0.2, 0.25) is 17.7 Å². The van der Waals surface area contributed by atoms with E-state index in [0.717, 1.165) is 12.1 Å². The number of carbonyl (C=O) groups is 4. The molecule has 8 nitrogen and oxygen atoms in total. The summed E-state index contributed by atoms with van der Waals surface area (Å²) in [6.45, 7) is 3.77. The van der Waals surface area contributed by atoms with Crippen molar-refractivity contribution in [2.75, 3.05) is 19.7 Å². The zero-order chi connectivity index (χ0) is 24.8. The van der Waals surface area contributed by atoms with Gasteiger partial charge in [0.25, 0.3) is 0 Å². The molecule has 1 aromatic rings. The largest absolute Gasteiger partial charge is 0.465 e. The van der Waals surface area contributed by atoms with Crippen LogP contribution < -0.4 is 10.6 Å². The molecule has 2 N–H and O–H groups in total. The van der Waals surface area contributed by atoms with E-state index in [1.165, 1.54) is 11.8 Å². The maximum absolute atomic E-state index is 13.6. The van der Waals surface area contributed by atoms with Gasteiger partial charge in [-0.1, -0.05) is 0 Å². The molecule has 4 rings (SSSR count). The molecule has 1 unspecified atom stereocenters. The summed E-state index contributed by atoms with van der Waals surface area (Å²) in [6, 6.07) is 0.365. The average Bonchev–Trinajstić information content (AvgIpc) is 3.66. The van der Waals surface area contributed by atoms with Crippen molar-refractivity contribution in [3.63, 3.8) is 0 Å². The molecule has 0 spiro atoms. The first-order valence-electron chi connectivity index (χ1n) is 11.2. The number of nitrogens with one attached hydrogen (secondary N) is 2. The zero-order valence-corrected chi connectivity index (χ0v) is 18.8. The molecule has 3 atom stereocenters. The third kappa shape index (κ3) is 4.47. The van der Waals surface area contributed by atoms with Crippen LogP contribution in [0.15, 0.2) is 12.1 Å². The lowest BCUT2D eigenvalue weighted by molar-refractivity contribution is -0.154. The number of fused-ring (bicyclic) bond motifs is 1. The summed E-state index contributed by atoms with van der Waals surface area (Å²) in [4.78, 5) is 50.9. The quantitative estimate of drug-likeness (QED) is 0.328. The van der Waals surface area contributed by atoms with Crippen LogP contribution in [0.2, 0.25) is 0 Å². The molecule has 1 heterocycles. The molecule has 3 amide bonds. The van der Waals surface area contributed by atoms with Crippen LogP contribution in [-0.4, -0.2) is 60.4 Å². The normalized spacial score (nSPS) is 24.6. The molecule has 34 heavy (non-hydrogen) atoms. The van der Waals surface area contributed by atoms with Crippen molar-refractivity contribution in [1.82, 2.24) is 15.5 Å². The number of amides is 3. The van der Waals surface area contributed by atoms with Crippen molar-refractivity contribution in [3.05, 3.63) is 35.1 Å². The van der Waals surface area contributed by atoms with Crippen LogP contribution in [0.25, 0.3) is 0 Å². The van der Waals surface area contributed by atoms with E-state index < -0.39 is 46.7 Å². The maximum atomic E-state index is 13.6. The Kier molecular flexibility index (Phi) is 6.30. The van der Waals surface area contributed by atoms with Gasteiger partial charge in [-0.25, -0.2) is 13.2 Å². The fraction of sp³-hybridized carbons (Fsp3) is 0.565. The Labute approximate surface area is 194 Å². The minimum absolute atomic E-state index is 0.0181. The van der Waals surface area contributed by atoms with Gasteiger partial charge in [0.15, 0.2) is 17.5 Å². The van der Waals surface area contributed by atoms with E-state index in [2.05, 4.69) is 10.6 Å². The molecule has 0 radical (unpaired) electrons. The Morgan fingerprint density at radius 1 is 1.12 bits per heavy atom. The number of hydrogen-bond donors (Lipinski definition) is 2. The minimum atomic E-state index is -1.60. The number of hydrogen-bond acceptors (Lipinski definition) is 5. The van der Waals surface area contributed by atoms with E-state index in [1.807, 2.05) is 0 Å². The number of nitrogens with zero attached hydrogens (tertiary/aromatic N) is 1. The maximum Gasteiger partial charge on any atom is 0.321 e. The van der Waals surface area contributed by atoms with E-state index in [0.29, 0.717) is 25.9 Å². The van der Waals surface area contributed by atoms with Gasteiger partial charge in [-0.3, -0.25) is 19.2 Å². The van der Waals surface area contributed by atoms with E-state index in [-0.39, 0.29) is 42.4 Å². The van der Waals surface area contributed by atoms with Gasteiger partial charge in [0.05, 0.1) is 6.61 Å². The highest BCUT2D eigenvalue weighted by atomic mass is 19.2. The number of rotatable bonds is 8. The molecular formula is C23H26F3N3O5. The molecule has 2 aliphatic carbocycles. The van der Waals surface area contributed by atoms with Gasteiger partial charge in [-0.2, -0.15) is 0 Å². The van der Waals surface area contributed by atoms with Gasteiger partial charge in [0, 0.05) is 44.3 Å². The molecule has 11 heteroatoms. The van der Waals surface area contributed by atoms with Crippen molar-refractivity contribution in [2.24, 2.45) is 17.3 Å².